The van der Waals surface area contributed by atoms with Gasteiger partial charge in [0.15, 0.2) is 0 Å². The number of rotatable bonds is 5. The van der Waals surface area contributed by atoms with Gasteiger partial charge in [-0.15, -0.1) is 0 Å². The van der Waals surface area contributed by atoms with Gasteiger partial charge >= 0.3 is 0 Å². The number of thiophene rings is 1. The average molecular weight is 319 g/mol. The normalized spacial score (nSPS) is 13.3. The number of halogens is 2. The summed E-state index contributed by atoms with van der Waals surface area (Å²) in [7, 11) is -4.14. The lowest BCUT2D eigenvalue weighted by molar-refractivity contribution is 0.182. The summed E-state index contributed by atoms with van der Waals surface area (Å²) in [6.45, 7) is -0.296. The van der Waals surface area contributed by atoms with Gasteiger partial charge in [-0.2, -0.15) is 11.3 Å². The molecule has 2 aromatic rings. The molecule has 0 aliphatic rings. The van der Waals surface area contributed by atoms with E-state index in [1.165, 1.54) is 11.3 Å². The summed E-state index contributed by atoms with van der Waals surface area (Å²) in [5.74, 6) is -2.04. The highest BCUT2D eigenvalue weighted by Gasteiger charge is 2.21. The number of benzene rings is 1. The molecule has 0 saturated heterocycles. The van der Waals surface area contributed by atoms with Crippen molar-refractivity contribution in [2.75, 3.05) is 6.54 Å². The van der Waals surface area contributed by atoms with E-state index in [0.29, 0.717) is 11.6 Å². The highest BCUT2D eigenvalue weighted by molar-refractivity contribution is 7.89. The van der Waals surface area contributed by atoms with Gasteiger partial charge in [-0.1, -0.05) is 0 Å². The van der Waals surface area contributed by atoms with Crippen molar-refractivity contribution >= 4 is 21.4 Å². The number of aliphatic hydroxyl groups excluding tert-OH is 1. The van der Waals surface area contributed by atoms with E-state index in [-0.39, 0.29) is 6.54 Å². The third kappa shape index (κ3) is 3.40. The zero-order valence-corrected chi connectivity index (χ0v) is 11.7. The van der Waals surface area contributed by atoms with Crippen molar-refractivity contribution in [2.24, 2.45) is 0 Å². The summed E-state index contributed by atoms with van der Waals surface area (Å²) in [6, 6.07) is 3.84. The van der Waals surface area contributed by atoms with Crippen molar-refractivity contribution in [1.82, 2.24) is 4.72 Å². The van der Waals surface area contributed by atoms with Crippen molar-refractivity contribution in [3.63, 3.8) is 0 Å². The molecule has 0 bridgehead atoms. The Labute approximate surface area is 118 Å². The van der Waals surface area contributed by atoms with E-state index in [9.17, 15) is 22.3 Å². The van der Waals surface area contributed by atoms with Gasteiger partial charge < -0.3 is 5.11 Å². The molecule has 0 fully saturated rings. The van der Waals surface area contributed by atoms with Crippen molar-refractivity contribution in [2.45, 2.75) is 11.0 Å². The number of hydrogen-bond acceptors (Lipinski definition) is 4. The monoisotopic (exact) mass is 319 g/mol. The zero-order chi connectivity index (χ0) is 14.8. The Balaban J connectivity index is 2.11. The molecule has 1 aromatic carbocycles. The Morgan fingerprint density at radius 1 is 1.30 bits per heavy atom. The molecule has 20 heavy (non-hydrogen) atoms. The number of sulfonamides is 1. The van der Waals surface area contributed by atoms with Crippen molar-refractivity contribution in [1.29, 1.82) is 0 Å². The van der Waals surface area contributed by atoms with Crippen LogP contribution in [0.15, 0.2) is 39.9 Å². The smallest absolute Gasteiger partial charge is 0.243 e. The molecule has 0 aliphatic carbocycles. The molecule has 2 rings (SSSR count). The lowest BCUT2D eigenvalue weighted by atomic mass is 10.2. The second kappa shape index (κ2) is 5.96. The largest absolute Gasteiger partial charge is 0.387 e. The molecular formula is C12H11F2NO3S2. The first-order valence-electron chi connectivity index (χ1n) is 5.55. The van der Waals surface area contributed by atoms with Crippen LogP contribution in [0, 0.1) is 11.6 Å². The fraction of sp³-hybridized carbons (Fsp3) is 0.167. The van der Waals surface area contributed by atoms with Crippen LogP contribution in [-0.2, 0) is 10.0 Å². The van der Waals surface area contributed by atoms with Crippen molar-refractivity contribution in [3.05, 3.63) is 52.2 Å². The van der Waals surface area contributed by atoms with Gasteiger partial charge in [0, 0.05) is 12.6 Å². The van der Waals surface area contributed by atoms with Crippen LogP contribution in [-0.4, -0.2) is 20.1 Å². The SMILES string of the molecule is O=S(=O)(NCC(O)c1ccsc1)c1ccc(F)cc1F. The maximum atomic E-state index is 13.4. The Hall–Kier alpha value is -1.35. The quantitative estimate of drug-likeness (QED) is 0.886. The minimum atomic E-state index is -4.14. The van der Waals surface area contributed by atoms with Crippen LogP contribution in [0.4, 0.5) is 8.78 Å². The first-order chi connectivity index (χ1) is 9.40. The Morgan fingerprint density at radius 3 is 2.65 bits per heavy atom. The predicted octanol–water partition coefficient (Wildman–Crippen LogP) is 2.04. The molecule has 0 aliphatic heterocycles. The Bertz CT molecular complexity index is 687. The van der Waals surface area contributed by atoms with Gasteiger partial charge in [0.25, 0.3) is 0 Å². The molecule has 0 radical (unpaired) electrons. The third-order valence-electron chi connectivity index (χ3n) is 2.58. The van der Waals surface area contributed by atoms with E-state index < -0.39 is 32.7 Å². The maximum absolute atomic E-state index is 13.4. The lowest BCUT2D eigenvalue weighted by Crippen LogP contribution is -2.29. The second-order valence-electron chi connectivity index (χ2n) is 4.00. The van der Waals surface area contributed by atoms with Crippen LogP contribution in [0.2, 0.25) is 0 Å². The number of nitrogens with one attached hydrogen (secondary N) is 1. The predicted molar refractivity (Wildman–Crippen MR) is 70.8 cm³/mol. The summed E-state index contributed by atoms with van der Waals surface area (Å²) in [6.07, 6.45) is -1.03. The average Bonchev–Trinajstić information content (AvgIpc) is 2.89. The topological polar surface area (TPSA) is 66.4 Å². The highest BCUT2D eigenvalue weighted by atomic mass is 32.2. The molecule has 8 heteroatoms. The molecule has 1 aromatic heterocycles. The van der Waals surface area contributed by atoms with E-state index in [1.807, 2.05) is 0 Å². The summed E-state index contributed by atoms with van der Waals surface area (Å²) in [5, 5.41) is 13.2. The minimum absolute atomic E-state index is 0.296. The van der Waals surface area contributed by atoms with Crippen LogP contribution >= 0.6 is 11.3 Å². The molecule has 2 N–H and O–H groups in total. The number of aliphatic hydroxyl groups is 1. The van der Waals surface area contributed by atoms with Gasteiger partial charge in [-0.25, -0.2) is 21.9 Å². The molecule has 108 valence electrons. The van der Waals surface area contributed by atoms with Gasteiger partial charge in [-0.05, 0) is 34.5 Å². The fourth-order valence-electron chi connectivity index (χ4n) is 1.54. The van der Waals surface area contributed by atoms with E-state index in [2.05, 4.69) is 4.72 Å². The Kier molecular flexibility index (Phi) is 4.48. The summed E-state index contributed by atoms with van der Waals surface area (Å²) >= 11 is 1.36. The molecular weight excluding hydrogens is 308 g/mol. The molecule has 1 unspecified atom stereocenters. The van der Waals surface area contributed by atoms with Gasteiger partial charge in [0.05, 0.1) is 6.10 Å². The van der Waals surface area contributed by atoms with Crippen LogP contribution < -0.4 is 4.72 Å². The third-order valence-corrected chi connectivity index (χ3v) is 4.74. The summed E-state index contributed by atoms with van der Waals surface area (Å²) < 4.78 is 52.0. The highest BCUT2D eigenvalue weighted by Crippen LogP contribution is 2.18. The Morgan fingerprint density at radius 2 is 2.05 bits per heavy atom. The fourth-order valence-corrected chi connectivity index (χ4v) is 3.34. The molecule has 0 amide bonds. The lowest BCUT2D eigenvalue weighted by Gasteiger charge is -2.11. The van der Waals surface area contributed by atoms with Crippen molar-refractivity contribution < 1.29 is 22.3 Å². The van der Waals surface area contributed by atoms with Gasteiger partial charge in [0.2, 0.25) is 10.0 Å². The summed E-state index contributed by atoms with van der Waals surface area (Å²) in [4.78, 5) is -0.656. The molecule has 1 atom stereocenters. The standard InChI is InChI=1S/C12H11F2NO3S2/c13-9-1-2-12(10(14)5-9)20(17,18)15-6-11(16)8-3-4-19-7-8/h1-5,7,11,15-16H,6H2. The number of hydrogen-bond donors (Lipinski definition) is 2. The van der Waals surface area contributed by atoms with E-state index in [4.69, 9.17) is 0 Å². The van der Waals surface area contributed by atoms with E-state index in [1.54, 1.807) is 16.8 Å². The van der Waals surface area contributed by atoms with Crippen LogP contribution in [0.25, 0.3) is 0 Å². The molecule has 1 heterocycles. The molecule has 0 spiro atoms. The minimum Gasteiger partial charge on any atom is -0.387 e. The summed E-state index contributed by atoms with van der Waals surface area (Å²) in [5.41, 5.74) is 0.567. The molecule has 0 saturated carbocycles. The van der Waals surface area contributed by atoms with E-state index in [0.717, 1.165) is 12.1 Å². The van der Waals surface area contributed by atoms with Crippen LogP contribution in [0.3, 0.4) is 0 Å². The van der Waals surface area contributed by atoms with Gasteiger partial charge in [-0.3, -0.25) is 0 Å². The first kappa shape index (κ1) is 15.0. The molecule has 4 nitrogen and oxygen atoms in total. The zero-order valence-electron chi connectivity index (χ0n) is 10.1. The second-order valence-corrected chi connectivity index (χ2v) is 6.51. The maximum Gasteiger partial charge on any atom is 0.243 e. The first-order valence-corrected chi connectivity index (χ1v) is 7.97. The van der Waals surface area contributed by atoms with Crippen LogP contribution in [0.5, 0.6) is 0 Å². The van der Waals surface area contributed by atoms with E-state index >= 15 is 0 Å². The van der Waals surface area contributed by atoms with Gasteiger partial charge in [0.1, 0.15) is 16.5 Å². The van der Waals surface area contributed by atoms with Crippen LogP contribution in [0.1, 0.15) is 11.7 Å². The van der Waals surface area contributed by atoms with Crippen molar-refractivity contribution in [3.8, 4) is 0 Å².